The normalized spacial score (nSPS) is 14.2. The zero-order chi connectivity index (χ0) is 16.2. The Morgan fingerprint density at radius 2 is 2.17 bits per heavy atom. The molecule has 0 aromatic carbocycles. The maximum absolute atomic E-state index is 12.2. The van der Waals surface area contributed by atoms with Gasteiger partial charge in [-0.25, -0.2) is 4.98 Å². The van der Waals surface area contributed by atoms with E-state index in [9.17, 15) is 9.59 Å². The van der Waals surface area contributed by atoms with Gasteiger partial charge in [-0.1, -0.05) is 6.92 Å². The molecule has 2 aromatic heterocycles. The third-order valence-electron chi connectivity index (χ3n) is 3.89. The number of pyridine rings is 1. The highest BCUT2D eigenvalue weighted by molar-refractivity contribution is 7.13. The van der Waals surface area contributed by atoms with E-state index in [4.69, 9.17) is 0 Å². The summed E-state index contributed by atoms with van der Waals surface area (Å²) in [6, 6.07) is 3.04. The Morgan fingerprint density at radius 3 is 2.91 bits per heavy atom. The molecular formula is C16H20N4O2S. The van der Waals surface area contributed by atoms with Crippen LogP contribution < -0.4 is 15.8 Å². The fourth-order valence-corrected chi connectivity index (χ4v) is 3.51. The third kappa shape index (κ3) is 3.79. The van der Waals surface area contributed by atoms with E-state index in [0.29, 0.717) is 18.5 Å². The number of rotatable bonds is 5. The van der Waals surface area contributed by atoms with Crippen molar-refractivity contribution in [1.82, 2.24) is 15.3 Å². The molecule has 3 rings (SSSR count). The first-order valence-electron chi connectivity index (χ1n) is 7.86. The van der Waals surface area contributed by atoms with Crippen LogP contribution in [0.1, 0.15) is 41.5 Å². The number of aromatic nitrogens is 2. The predicted molar refractivity (Wildman–Crippen MR) is 91.2 cm³/mol. The Bertz CT molecular complexity index is 747. The zero-order valence-corrected chi connectivity index (χ0v) is 13.9. The van der Waals surface area contributed by atoms with E-state index in [1.165, 1.54) is 18.9 Å². The first kappa shape index (κ1) is 15.7. The monoisotopic (exact) mass is 332 g/mol. The summed E-state index contributed by atoms with van der Waals surface area (Å²) in [7, 11) is 0. The van der Waals surface area contributed by atoms with E-state index < -0.39 is 0 Å². The van der Waals surface area contributed by atoms with Crippen LogP contribution >= 0.6 is 11.3 Å². The van der Waals surface area contributed by atoms with Gasteiger partial charge in [0.2, 0.25) is 5.56 Å². The van der Waals surface area contributed by atoms with Crippen molar-refractivity contribution in [2.24, 2.45) is 0 Å². The Hall–Kier alpha value is -2.15. The van der Waals surface area contributed by atoms with E-state index in [1.54, 1.807) is 17.4 Å². The van der Waals surface area contributed by atoms with Gasteiger partial charge < -0.3 is 15.2 Å². The molecule has 0 unspecified atom stereocenters. The number of amides is 1. The third-order valence-corrected chi connectivity index (χ3v) is 4.84. The van der Waals surface area contributed by atoms with Gasteiger partial charge in [-0.3, -0.25) is 9.59 Å². The number of carbonyl (C=O) groups excluding carboxylic acids is 1. The quantitative estimate of drug-likeness (QED) is 0.877. The number of hydrogen-bond donors (Lipinski definition) is 2. The lowest BCUT2D eigenvalue weighted by molar-refractivity contribution is 0.0950. The van der Waals surface area contributed by atoms with Crippen molar-refractivity contribution >= 4 is 22.4 Å². The van der Waals surface area contributed by atoms with Gasteiger partial charge in [-0.2, -0.15) is 0 Å². The Morgan fingerprint density at radius 1 is 1.39 bits per heavy atom. The van der Waals surface area contributed by atoms with Gasteiger partial charge in [0.25, 0.3) is 5.91 Å². The van der Waals surface area contributed by atoms with Gasteiger partial charge in [-0.15, -0.1) is 11.3 Å². The second kappa shape index (κ2) is 6.95. The molecule has 0 atom stereocenters. The Labute approximate surface area is 138 Å². The summed E-state index contributed by atoms with van der Waals surface area (Å²) in [6.45, 7) is 4.43. The van der Waals surface area contributed by atoms with Crippen molar-refractivity contribution in [1.29, 1.82) is 0 Å². The summed E-state index contributed by atoms with van der Waals surface area (Å²) >= 11 is 1.61. The van der Waals surface area contributed by atoms with Crippen LogP contribution in [0, 0.1) is 0 Å². The number of anilines is 1. The molecule has 1 aliphatic heterocycles. The number of aromatic amines is 1. The number of thiazole rings is 1. The minimum atomic E-state index is -0.250. The van der Waals surface area contributed by atoms with Crippen molar-refractivity contribution in [3.05, 3.63) is 44.8 Å². The van der Waals surface area contributed by atoms with Crippen molar-refractivity contribution in [2.45, 2.75) is 32.7 Å². The topological polar surface area (TPSA) is 78.1 Å². The van der Waals surface area contributed by atoms with Crippen LogP contribution in [0.25, 0.3) is 0 Å². The molecule has 23 heavy (non-hydrogen) atoms. The highest BCUT2D eigenvalue weighted by atomic mass is 32.1. The van der Waals surface area contributed by atoms with Crippen LogP contribution in [-0.2, 0) is 13.0 Å². The molecule has 0 spiro atoms. The number of hydrogen-bond acceptors (Lipinski definition) is 5. The lowest BCUT2D eigenvalue weighted by Gasteiger charge is -2.12. The summed E-state index contributed by atoms with van der Waals surface area (Å²) in [4.78, 5) is 33.3. The van der Waals surface area contributed by atoms with E-state index in [0.717, 1.165) is 29.6 Å². The Balaban J connectivity index is 1.62. The van der Waals surface area contributed by atoms with Crippen LogP contribution in [0.2, 0.25) is 0 Å². The molecule has 0 bridgehead atoms. The summed E-state index contributed by atoms with van der Waals surface area (Å²) in [5, 5.41) is 5.83. The van der Waals surface area contributed by atoms with Gasteiger partial charge in [0.05, 0.1) is 12.2 Å². The average Bonchev–Trinajstić information content (AvgIpc) is 3.22. The standard InChI is InChI=1S/C16H20N4O2S/c1-2-12-7-11(8-14(21)18-12)15(22)17-9-13-10-23-16(19-13)20-5-3-4-6-20/h7-8,10H,2-6,9H2,1H3,(H,17,22)(H,18,21). The summed E-state index contributed by atoms with van der Waals surface area (Å²) in [5.74, 6) is -0.249. The molecule has 1 aliphatic rings. The van der Waals surface area contributed by atoms with Gasteiger partial charge in [0.1, 0.15) is 0 Å². The maximum Gasteiger partial charge on any atom is 0.251 e. The molecule has 1 fully saturated rings. The number of carbonyl (C=O) groups is 1. The highest BCUT2D eigenvalue weighted by Crippen LogP contribution is 2.24. The van der Waals surface area contributed by atoms with Crippen LogP contribution in [0.5, 0.6) is 0 Å². The first-order valence-corrected chi connectivity index (χ1v) is 8.74. The summed E-state index contributed by atoms with van der Waals surface area (Å²) < 4.78 is 0. The van der Waals surface area contributed by atoms with E-state index in [-0.39, 0.29) is 11.5 Å². The lowest BCUT2D eigenvalue weighted by Crippen LogP contribution is -2.25. The van der Waals surface area contributed by atoms with Gasteiger partial charge in [-0.05, 0) is 25.3 Å². The number of H-pyrrole nitrogens is 1. The van der Waals surface area contributed by atoms with Crippen LogP contribution in [0.4, 0.5) is 5.13 Å². The fraction of sp³-hybridized carbons (Fsp3) is 0.438. The van der Waals surface area contributed by atoms with E-state index in [1.807, 2.05) is 12.3 Å². The largest absolute Gasteiger partial charge is 0.348 e. The molecule has 0 aliphatic carbocycles. The molecule has 2 N–H and O–H groups in total. The van der Waals surface area contributed by atoms with Gasteiger partial charge in [0.15, 0.2) is 5.13 Å². The molecule has 3 heterocycles. The number of aryl methyl sites for hydroxylation is 1. The van der Waals surface area contributed by atoms with Crippen molar-refractivity contribution in [3.8, 4) is 0 Å². The lowest BCUT2D eigenvalue weighted by atomic mass is 10.2. The van der Waals surface area contributed by atoms with E-state index >= 15 is 0 Å². The first-order chi connectivity index (χ1) is 11.2. The second-order valence-electron chi connectivity index (χ2n) is 5.61. The molecule has 122 valence electrons. The maximum atomic E-state index is 12.2. The molecule has 6 nitrogen and oxygen atoms in total. The minimum Gasteiger partial charge on any atom is -0.348 e. The second-order valence-corrected chi connectivity index (χ2v) is 6.45. The molecule has 1 saturated heterocycles. The van der Waals surface area contributed by atoms with Crippen LogP contribution in [-0.4, -0.2) is 29.0 Å². The number of nitrogens with one attached hydrogen (secondary N) is 2. The van der Waals surface area contributed by atoms with Gasteiger partial charge >= 0.3 is 0 Å². The fourth-order valence-electron chi connectivity index (χ4n) is 2.63. The highest BCUT2D eigenvalue weighted by Gasteiger charge is 2.16. The zero-order valence-electron chi connectivity index (χ0n) is 13.1. The van der Waals surface area contributed by atoms with Crippen LogP contribution in [0.3, 0.4) is 0 Å². The summed E-state index contributed by atoms with van der Waals surface area (Å²) in [5.41, 5.74) is 1.75. The molecule has 0 saturated carbocycles. The average molecular weight is 332 g/mol. The van der Waals surface area contributed by atoms with Crippen LogP contribution in [0.15, 0.2) is 22.3 Å². The predicted octanol–water partition coefficient (Wildman–Crippen LogP) is 1.92. The molecule has 1 amide bonds. The Kier molecular flexibility index (Phi) is 4.76. The SMILES string of the molecule is CCc1cc(C(=O)NCc2csc(N3CCCC3)n2)cc(=O)[nH]1. The minimum absolute atomic E-state index is 0.249. The van der Waals surface area contributed by atoms with Crippen molar-refractivity contribution in [3.63, 3.8) is 0 Å². The van der Waals surface area contributed by atoms with Crippen molar-refractivity contribution in [2.75, 3.05) is 18.0 Å². The molecular weight excluding hydrogens is 312 g/mol. The van der Waals surface area contributed by atoms with Gasteiger partial charge in [0, 0.05) is 35.8 Å². The molecule has 2 aromatic rings. The number of nitrogens with zero attached hydrogens (tertiary/aromatic N) is 2. The summed E-state index contributed by atoms with van der Waals surface area (Å²) in [6.07, 6.45) is 3.11. The smallest absolute Gasteiger partial charge is 0.251 e. The van der Waals surface area contributed by atoms with Crippen molar-refractivity contribution < 1.29 is 4.79 Å². The molecule has 0 radical (unpaired) electrons. The molecule has 7 heteroatoms. The van der Waals surface area contributed by atoms with E-state index in [2.05, 4.69) is 20.2 Å².